The Morgan fingerprint density at radius 1 is 1.32 bits per heavy atom. The highest BCUT2D eigenvalue weighted by atomic mass is 16.6. The molecule has 0 saturated heterocycles. The normalized spacial score (nSPS) is 20.0. The average molecular weight is 301 g/mol. The van der Waals surface area contributed by atoms with Crippen molar-refractivity contribution in [3.63, 3.8) is 0 Å². The second-order valence-electron chi connectivity index (χ2n) is 5.75. The van der Waals surface area contributed by atoms with Crippen LogP contribution in [0.15, 0.2) is 35.5 Å². The van der Waals surface area contributed by atoms with Gasteiger partial charge in [0.1, 0.15) is 5.71 Å². The number of hydrogen-bond donors (Lipinski definition) is 1. The van der Waals surface area contributed by atoms with Gasteiger partial charge in [-0.25, -0.2) is 0 Å². The first-order valence-corrected chi connectivity index (χ1v) is 7.46. The Labute approximate surface area is 129 Å². The van der Waals surface area contributed by atoms with Gasteiger partial charge in [-0.15, -0.1) is 0 Å². The summed E-state index contributed by atoms with van der Waals surface area (Å²) in [6, 6.07) is 9.96. The van der Waals surface area contributed by atoms with Crippen LogP contribution in [0.4, 0.5) is 0 Å². The number of amides is 2. The Morgan fingerprint density at radius 3 is 2.73 bits per heavy atom. The third-order valence-electron chi connectivity index (χ3n) is 3.76. The molecule has 1 saturated carbocycles. The molecule has 2 aliphatic rings. The van der Waals surface area contributed by atoms with E-state index in [1.165, 1.54) is 4.90 Å². The van der Waals surface area contributed by atoms with Gasteiger partial charge in [0.2, 0.25) is 5.91 Å². The Hall–Kier alpha value is -2.37. The summed E-state index contributed by atoms with van der Waals surface area (Å²) in [7, 11) is 1.60. The van der Waals surface area contributed by atoms with Crippen molar-refractivity contribution in [1.29, 1.82) is 0 Å². The second kappa shape index (κ2) is 6.17. The highest BCUT2D eigenvalue weighted by Gasteiger charge is 2.30. The number of hydrogen-bond acceptors (Lipinski definition) is 4. The van der Waals surface area contributed by atoms with E-state index in [1.54, 1.807) is 7.05 Å². The predicted molar refractivity (Wildman–Crippen MR) is 81.1 cm³/mol. The molecule has 1 heterocycles. The van der Waals surface area contributed by atoms with E-state index < -0.39 is 0 Å². The minimum atomic E-state index is -0.260. The molecule has 116 valence electrons. The third kappa shape index (κ3) is 3.44. The second-order valence-corrected chi connectivity index (χ2v) is 5.75. The van der Waals surface area contributed by atoms with Gasteiger partial charge < -0.3 is 15.1 Å². The number of nitrogens with zero attached hydrogens (tertiary/aromatic N) is 2. The SMILES string of the molecule is CN(CC(=O)NC1CC1)C(=O)C1=NOC(c2ccccc2)C1. The van der Waals surface area contributed by atoms with Gasteiger partial charge >= 0.3 is 0 Å². The van der Waals surface area contributed by atoms with E-state index in [0.29, 0.717) is 18.2 Å². The molecular weight excluding hydrogens is 282 g/mol. The van der Waals surface area contributed by atoms with Crippen LogP contribution in [0.25, 0.3) is 0 Å². The fourth-order valence-corrected chi connectivity index (χ4v) is 2.36. The number of oxime groups is 1. The van der Waals surface area contributed by atoms with Crippen LogP contribution in [-0.2, 0) is 14.4 Å². The van der Waals surface area contributed by atoms with Crippen molar-refractivity contribution in [2.45, 2.75) is 31.4 Å². The zero-order chi connectivity index (χ0) is 15.5. The Bertz CT molecular complexity index is 596. The molecule has 1 aromatic rings. The van der Waals surface area contributed by atoms with Crippen molar-refractivity contribution < 1.29 is 14.4 Å². The number of likely N-dealkylation sites (N-methyl/N-ethyl adjacent to an activating group) is 1. The average Bonchev–Trinajstić information content (AvgIpc) is 3.19. The van der Waals surface area contributed by atoms with Crippen LogP contribution in [-0.4, -0.2) is 42.1 Å². The van der Waals surface area contributed by atoms with Crippen molar-refractivity contribution in [2.75, 3.05) is 13.6 Å². The fraction of sp³-hybridized carbons (Fsp3) is 0.438. The molecule has 3 rings (SSSR count). The highest BCUT2D eigenvalue weighted by Crippen LogP contribution is 2.27. The summed E-state index contributed by atoms with van der Waals surface area (Å²) in [6.45, 7) is 0.0460. The molecule has 1 unspecified atom stereocenters. The summed E-state index contributed by atoms with van der Waals surface area (Å²) in [4.78, 5) is 30.8. The zero-order valence-electron chi connectivity index (χ0n) is 12.5. The van der Waals surface area contributed by atoms with Crippen molar-refractivity contribution in [1.82, 2.24) is 10.2 Å². The number of carbonyl (C=O) groups is 2. The minimum Gasteiger partial charge on any atom is -0.387 e. The number of carbonyl (C=O) groups excluding carboxylic acids is 2. The van der Waals surface area contributed by atoms with Gasteiger partial charge in [-0.05, 0) is 18.4 Å². The van der Waals surface area contributed by atoms with Crippen LogP contribution >= 0.6 is 0 Å². The first-order valence-electron chi connectivity index (χ1n) is 7.46. The van der Waals surface area contributed by atoms with Crippen LogP contribution in [0.3, 0.4) is 0 Å². The van der Waals surface area contributed by atoms with Crippen molar-refractivity contribution >= 4 is 17.5 Å². The van der Waals surface area contributed by atoms with E-state index in [9.17, 15) is 9.59 Å². The van der Waals surface area contributed by atoms with Gasteiger partial charge in [-0.3, -0.25) is 9.59 Å². The molecule has 1 N–H and O–H groups in total. The number of benzene rings is 1. The largest absolute Gasteiger partial charge is 0.387 e. The molecular formula is C16H19N3O3. The molecule has 2 amide bonds. The zero-order valence-corrected chi connectivity index (χ0v) is 12.5. The Kier molecular flexibility index (Phi) is 4.09. The van der Waals surface area contributed by atoms with Crippen LogP contribution in [0.1, 0.15) is 30.9 Å². The van der Waals surface area contributed by atoms with Gasteiger partial charge in [0.05, 0.1) is 6.54 Å². The van der Waals surface area contributed by atoms with Crippen LogP contribution in [0, 0.1) is 0 Å². The first-order chi connectivity index (χ1) is 10.6. The first kappa shape index (κ1) is 14.6. The molecule has 0 radical (unpaired) electrons. The maximum atomic E-state index is 12.3. The fourth-order valence-electron chi connectivity index (χ4n) is 2.36. The lowest BCUT2D eigenvalue weighted by Gasteiger charge is -2.16. The molecule has 6 nitrogen and oxygen atoms in total. The highest BCUT2D eigenvalue weighted by molar-refractivity contribution is 6.39. The molecule has 1 fully saturated rings. The van der Waals surface area contributed by atoms with Crippen molar-refractivity contribution in [3.8, 4) is 0 Å². The van der Waals surface area contributed by atoms with Gasteiger partial charge in [0.25, 0.3) is 5.91 Å². The number of nitrogens with one attached hydrogen (secondary N) is 1. The van der Waals surface area contributed by atoms with Crippen molar-refractivity contribution in [3.05, 3.63) is 35.9 Å². The van der Waals surface area contributed by atoms with Gasteiger partial charge in [0.15, 0.2) is 6.10 Å². The van der Waals surface area contributed by atoms with Crippen LogP contribution in [0.5, 0.6) is 0 Å². The van der Waals surface area contributed by atoms with E-state index >= 15 is 0 Å². The molecule has 1 aliphatic carbocycles. The number of rotatable bonds is 5. The molecule has 1 aliphatic heterocycles. The summed E-state index contributed by atoms with van der Waals surface area (Å²) in [6.07, 6.45) is 2.26. The monoisotopic (exact) mass is 301 g/mol. The third-order valence-corrected chi connectivity index (χ3v) is 3.76. The summed E-state index contributed by atoms with van der Waals surface area (Å²) < 4.78 is 0. The predicted octanol–water partition coefficient (Wildman–Crippen LogP) is 1.24. The molecule has 1 aromatic carbocycles. The smallest absolute Gasteiger partial charge is 0.272 e. The lowest BCUT2D eigenvalue weighted by atomic mass is 10.0. The molecule has 0 bridgehead atoms. The molecule has 6 heteroatoms. The molecule has 22 heavy (non-hydrogen) atoms. The van der Waals surface area contributed by atoms with E-state index in [2.05, 4.69) is 10.5 Å². The molecule has 1 atom stereocenters. The summed E-state index contributed by atoms with van der Waals surface area (Å²) in [5, 5.41) is 6.75. The summed E-state index contributed by atoms with van der Waals surface area (Å²) >= 11 is 0. The quantitative estimate of drug-likeness (QED) is 0.889. The topological polar surface area (TPSA) is 71.0 Å². The van der Waals surface area contributed by atoms with E-state index in [0.717, 1.165) is 18.4 Å². The molecule has 0 spiro atoms. The van der Waals surface area contributed by atoms with Gasteiger partial charge in [-0.2, -0.15) is 0 Å². The lowest BCUT2D eigenvalue weighted by molar-refractivity contribution is -0.130. The minimum absolute atomic E-state index is 0.0460. The Morgan fingerprint density at radius 2 is 2.05 bits per heavy atom. The van der Waals surface area contributed by atoms with Crippen molar-refractivity contribution in [2.24, 2.45) is 5.16 Å². The van der Waals surface area contributed by atoms with Crippen LogP contribution in [0.2, 0.25) is 0 Å². The lowest BCUT2D eigenvalue weighted by Crippen LogP contribution is -2.41. The van der Waals surface area contributed by atoms with E-state index in [1.807, 2.05) is 30.3 Å². The maximum Gasteiger partial charge on any atom is 0.272 e. The van der Waals surface area contributed by atoms with Gasteiger partial charge in [-0.1, -0.05) is 35.5 Å². The van der Waals surface area contributed by atoms with E-state index in [-0.39, 0.29) is 24.5 Å². The standard InChI is InChI=1S/C16H19N3O3/c1-19(10-15(20)17-12-7-8-12)16(21)13-9-14(22-18-13)11-5-3-2-4-6-11/h2-6,12,14H,7-10H2,1H3,(H,17,20). The Balaban J connectivity index is 1.53. The van der Waals surface area contributed by atoms with E-state index in [4.69, 9.17) is 4.84 Å². The maximum absolute atomic E-state index is 12.3. The molecule has 0 aromatic heterocycles. The van der Waals surface area contributed by atoms with Crippen LogP contribution < -0.4 is 5.32 Å². The van der Waals surface area contributed by atoms with Gasteiger partial charge in [0, 0.05) is 19.5 Å². The summed E-state index contributed by atoms with van der Waals surface area (Å²) in [5.41, 5.74) is 1.35. The summed E-state index contributed by atoms with van der Waals surface area (Å²) in [5.74, 6) is -0.387.